The summed E-state index contributed by atoms with van der Waals surface area (Å²) in [5, 5.41) is 0. The Hall–Kier alpha value is -1.09. The Morgan fingerprint density at radius 1 is 1.20 bits per heavy atom. The van der Waals surface area contributed by atoms with Crippen LogP contribution in [0.15, 0.2) is 29.2 Å². The van der Waals surface area contributed by atoms with Crippen LogP contribution in [0.5, 0.6) is 0 Å². The summed E-state index contributed by atoms with van der Waals surface area (Å²) in [5.74, 6) is -0.0940. The number of carbonyl (C=O) groups is 2. The van der Waals surface area contributed by atoms with E-state index in [4.69, 9.17) is 0 Å². The van der Waals surface area contributed by atoms with Gasteiger partial charge in [-0.1, -0.05) is 19.1 Å². The quantitative estimate of drug-likeness (QED) is 0.436. The van der Waals surface area contributed by atoms with Gasteiger partial charge in [-0.25, -0.2) is 0 Å². The Kier molecular flexibility index (Phi) is 4.56. The summed E-state index contributed by atoms with van der Waals surface area (Å²) in [4.78, 5) is 23.8. The molecule has 0 N–H and O–H groups in total. The van der Waals surface area contributed by atoms with E-state index in [-0.39, 0.29) is 18.0 Å². The van der Waals surface area contributed by atoms with Gasteiger partial charge in [-0.05, 0) is 18.4 Å². The number of Topliss-reactive ketones (excluding diaryl/α,β-unsaturated/α-hetero) is 2. The standard InChI is InChI=1S/C12H14O2S/c1-3-10(13)8-12(14)9-4-6-11(15-2)7-5-9/h4-7H,3,8H2,1-2H3. The maximum Gasteiger partial charge on any atom is 0.170 e. The molecular weight excluding hydrogens is 208 g/mol. The fourth-order valence-corrected chi connectivity index (χ4v) is 1.59. The molecule has 0 aliphatic carbocycles. The number of rotatable bonds is 5. The molecule has 0 spiro atoms. The van der Waals surface area contributed by atoms with Gasteiger partial charge in [0.2, 0.25) is 0 Å². The van der Waals surface area contributed by atoms with E-state index in [1.165, 1.54) is 0 Å². The van der Waals surface area contributed by atoms with Crippen molar-refractivity contribution in [3.63, 3.8) is 0 Å². The third-order valence-corrected chi connectivity index (χ3v) is 2.91. The second-order valence-corrected chi connectivity index (χ2v) is 4.10. The molecule has 2 nitrogen and oxygen atoms in total. The van der Waals surface area contributed by atoms with Crippen LogP contribution in [-0.4, -0.2) is 17.8 Å². The molecule has 0 aliphatic rings. The average molecular weight is 222 g/mol. The lowest BCUT2D eigenvalue weighted by molar-refractivity contribution is -0.117. The molecule has 0 saturated heterocycles. The minimum absolute atomic E-state index is 0.00561. The number of hydrogen-bond acceptors (Lipinski definition) is 3. The molecule has 1 aromatic rings. The molecule has 0 radical (unpaired) electrons. The summed E-state index contributed by atoms with van der Waals surface area (Å²) in [6.45, 7) is 1.77. The zero-order valence-corrected chi connectivity index (χ0v) is 9.76. The van der Waals surface area contributed by atoms with Crippen LogP contribution in [-0.2, 0) is 4.79 Å². The first-order valence-electron chi connectivity index (χ1n) is 4.86. The van der Waals surface area contributed by atoms with Crippen molar-refractivity contribution >= 4 is 23.3 Å². The van der Waals surface area contributed by atoms with Crippen molar-refractivity contribution in [2.45, 2.75) is 24.7 Å². The first-order chi connectivity index (χ1) is 7.17. The smallest absolute Gasteiger partial charge is 0.170 e. The van der Waals surface area contributed by atoms with Crippen LogP contribution in [0.1, 0.15) is 30.1 Å². The van der Waals surface area contributed by atoms with Crippen LogP contribution in [0.4, 0.5) is 0 Å². The van der Waals surface area contributed by atoms with Gasteiger partial charge in [0.15, 0.2) is 5.78 Å². The van der Waals surface area contributed by atoms with E-state index >= 15 is 0 Å². The second-order valence-electron chi connectivity index (χ2n) is 3.22. The highest BCUT2D eigenvalue weighted by Crippen LogP contribution is 2.15. The summed E-state index contributed by atoms with van der Waals surface area (Å²) < 4.78 is 0. The van der Waals surface area contributed by atoms with Crippen LogP contribution in [0, 0.1) is 0 Å². The third-order valence-electron chi connectivity index (χ3n) is 2.16. The van der Waals surface area contributed by atoms with Crippen LogP contribution in [0.2, 0.25) is 0 Å². The molecule has 0 bridgehead atoms. The van der Waals surface area contributed by atoms with Crippen molar-refractivity contribution < 1.29 is 9.59 Å². The van der Waals surface area contributed by atoms with Crippen molar-refractivity contribution in [1.82, 2.24) is 0 Å². The largest absolute Gasteiger partial charge is 0.299 e. The van der Waals surface area contributed by atoms with Gasteiger partial charge >= 0.3 is 0 Å². The maximum absolute atomic E-state index is 11.6. The van der Waals surface area contributed by atoms with Gasteiger partial charge in [0.05, 0.1) is 6.42 Å². The number of carbonyl (C=O) groups excluding carboxylic acids is 2. The first-order valence-corrected chi connectivity index (χ1v) is 6.08. The lowest BCUT2D eigenvalue weighted by Gasteiger charge is -2.00. The predicted molar refractivity (Wildman–Crippen MR) is 62.5 cm³/mol. The molecule has 80 valence electrons. The van der Waals surface area contributed by atoms with Crippen molar-refractivity contribution in [3.05, 3.63) is 29.8 Å². The molecule has 15 heavy (non-hydrogen) atoms. The molecule has 0 amide bonds. The topological polar surface area (TPSA) is 34.1 Å². The summed E-state index contributed by atoms with van der Waals surface area (Å²) in [6.07, 6.45) is 2.43. The third kappa shape index (κ3) is 3.51. The SMILES string of the molecule is CCC(=O)CC(=O)c1ccc(SC)cc1. The van der Waals surface area contributed by atoms with E-state index in [0.29, 0.717) is 12.0 Å². The zero-order chi connectivity index (χ0) is 11.3. The zero-order valence-electron chi connectivity index (χ0n) is 8.95. The second kappa shape index (κ2) is 5.71. The van der Waals surface area contributed by atoms with E-state index in [0.717, 1.165) is 4.90 Å². The lowest BCUT2D eigenvalue weighted by atomic mass is 10.1. The number of thioether (sulfide) groups is 1. The lowest BCUT2D eigenvalue weighted by Crippen LogP contribution is -2.06. The minimum Gasteiger partial charge on any atom is -0.299 e. The Bertz CT molecular complexity index is 354. The van der Waals surface area contributed by atoms with Crippen LogP contribution < -0.4 is 0 Å². The Morgan fingerprint density at radius 2 is 1.80 bits per heavy atom. The fraction of sp³-hybridized carbons (Fsp3) is 0.333. The van der Waals surface area contributed by atoms with Gasteiger partial charge in [0.1, 0.15) is 5.78 Å². The van der Waals surface area contributed by atoms with E-state index in [2.05, 4.69) is 0 Å². The van der Waals surface area contributed by atoms with Gasteiger partial charge in [-0.2, -0.15) is 0 Å². The molecule has 0 fully saturated rings. The van der Waals surface area contributed by atoms with Crippen LogP contribution in [0.25, 0.3) is 0 Å². The van der Waals surface area contributed by atoms with E-state index < -0.39 is 0 Å². The average Bonchev–Trinajstić information content (AvgIpc) is 2.29. The van der Waals surface area contributed by atoms with Crippen molar-refractivity contribution in [2.75, 3.05) is 6.26 Å². The highest BCUT2D eigenvalue weighted by Gasteiger charge is 2.09. The van der Waals surface area contributed by atoms with E-state index in [1.807, 2.05) is 18.4 Å². The molecule has 0 aliphatic heterocycles. The van der Waals surface area contributed by atoms with Crippen LogP contribution in [0.3, 0.4) is 0 Å². The summed E-state index contributed by atoms with van der Waals surface area (Å²) >= 11 is 1.63. The molecule has 1 aromatic carbocycles. The van der Waals surface area contributed by atoms with E-state index in [1.54, 1.807) is 30.8 Å². The molecule has 0 aromatic heterocycles. The molecule has 3 heteroatoms. The molecule has 1 rings (SSSR count). The number of benzene rings is 1. The minimum atomic E-state index is -0.0884. The van der Waals surface area contributed by atoms with Gasteiger partial charge < -0.3 is 0 Å². The number of ketones is 2. The molecular formula is C12H14O2S. The highest BCUT2D eigenvalue weighted by molar-refractivity contribution is 7.98. The fourth-order valence-electron chi connectivity index (χ4n) is 1.18. The van der Waals surface area contributed by atoms with Crippen molar-refractivity contribution in [3.8, 4) is 0 Å². The van der Waals surface area contributed by atoms with E-state index in [9.17, 15) is 9.59 Å². The van der Waals surface area contributed by atoms with Gasteiger partial charge in [0, 0.05) is 16.9 Å². The molecule has 0 saturated carbocycles. The Morgan fingerprint density at radius 3 is 2.27 bits per heavy atom. The normalized spacial score (nSPS) is 10.0. The van der Waals surface area contributed by atoms with Gasteiger partial charge in [-0.3, -0.25) is 9.59 Å². The molecule has 0 unspecified atom stereocenters. The van der Waals surface area contributed by atoms with Gasteiger partial charge in [0.25, 0.3) is 0 Å². The Balaban J connectivity index is 2.70. The maximum atomic E-state index is 11.6. The monoisotopic (exact) mass is 222 g/mol. The van der Waals surface area contributed by atoms with Crippen molar-refractivity contribution in [1.29, 1.82) is 0 Å². The van der Waals surface area contributed by atoms with Crippen LogP contribution >= 0.6 is 11.8 Å². The Labute approximate surface area is 94.1 Å². The number of hydrogen-bond donors (Lipinski definition) is 0. The summed E-state index contributed by atoms with van der Waals surface area (Å²) in [7, 11) is 0. The van der Waals surface area contributed by atoms with Gasteiger partial charge in [-0.15, -0.1) is 11.8 Å². The molecule has 0 atom stereocenters. The predicted octanol–water partition coefficient (Wildman–Crippen LogP) is 2.96. The summed E-state index contributed by atoms with van der Waals surface area (Å²) in [6, 6.07) is 7.34. The van der Waals surface area contributed by atoms with Crippen molar-refractivity contribution in [2.24, 2.45) is 0 Å². The highest BCUT2D eigenvalue weighted by atomic mass is 32.2. The summed E-state index contributed by atoms with van der Waals surface area (Å²) in [5.41, 5.74) is 0.620. The molecule has 0 heterocycles. The first kappa shape index (κ1) is 12.0.